The Labute approximate surface area is 177 Å². The number of guanidine groups is 1. The lowest BCUT2D eigenvalue weighted by atomic mass is 10.1. The van der Waals surface area contributed by atoms with E-state index in [0.717, 1.165) is 23.0 Å². The zero-order valence-electron chi connectivity index (χ0n) is 15.1. The van der Waals surface area contributed by atoms with Crippen LogP contribution in [0.1, 0.15) is 22.3 Å². The van der Waals surface area contributed by atoms with E-state index >= 15 is 0 Å². The molecule has 0 radical (unpaired) electrons. The van der Waals surface area contributed by atoms with Crippen molar-refractivity contribution in [2.24, 2.45) is 10.1 Å². The van der Waals surface area contributed by atoms with E-state index in [9.17, 15) is 13.2 Å². The van der Waals surface area contributed by atoms with Crippen LogP contribution in [0, 0.1) is 0 Å². The molecule has 2 aliphatic heterocycles. The summed E-state index contributed by atoms with van der Waals surface area (Å²) in [6, 6.07) is 14.5. The number of sulfonamides is 1. The Balaban J connectivity index is 1.44. The van der Waals surface area contributed by atoms with Gasteiger partial charge in [0.25, 0.3) is 15.9 Å². The highest BCUT2D eigenvalue weighted by molar-refractivity contribution is 8.16. The molecule has 0 aliphatic carbocycles. The van der Waals surface area contributed by atoms with Crippen LogP contribution in [0.5, 0.6) is 0 Å². The molecule has 0 spiro atoms. The summed E-state index contributed by atoms with van der Waals surface area (Å²) in [7, 11) is -3.80. The minimum atomic E-state index is -3.80. The van der Waals surface area contributed by atoms with Gasteiger partial charge in [0.2, 0.25) is 5.96 Å². The summed E-state index contributed by atoms with van der Waals surface area (Å²) in [5, 5.41) is 2.76. The number of carbonyl (C=O) groups is 1. The number of anilines is 2. The first-order valence-corrected chi connectivity index (χ1v) is 11.5. The number of allylic oxidation sites excluding steroid dienone is 1. The van der Waals surface area contributed by atoms with Gasteiger partial charge in [-0.3, -0.25) is 4.79 Å². The van der Waals surface area contributed by atoms with Gasteiger partial charge in [-0.25, -0.2) is 8.42 Å². The number of benzene rings is 2. The number of carbonyl (C=O) groups excluding carboxylic acids is 1. The van der Waals surface area contributed by atoms with Gasteiger partial charge in [0, 0.05) is 16.9 Å². The third-order valence-electron chi connectivity index (χ3n) is 4.55. The maximum absolute atomic E-state index is 12.6. The maximum atomic E-state index is 12.6. The lowest BCUT2D eigenvalue weighted by Crippen LogP contribution is -2.26. The summed E-state index contributed by atoms with van der Waals surface area (Å²) < 4.78 is 27.9. The summed E-state index contributed by atoms with van der Waals surface area (Å²) in [6.07, 6.45) is 1.94. The molecule has 29 heavy (non-hydrogen) atoms. The number of halogens is 1. The number of nitrogens with zero attached hydrogens (tertiary/aromatic N) is 2. The normalized spacial score (nSPS) is 19.3. The molecule has 2 aromatic carbocycles. The molecule has 150 valence electrons. The van der Waals surface area contributed by atoms with E-state index in [-0.39, 0.29) is 11.9 Å². The molecule has 2 aliphatic rings. The first-order chi connectivity index (χ1) is 13.8. The summed E-state index contributed by atoms with van der Waals surface area (Å²) in [5.41, 5.74) is 8.76. The van der Waals surface area contributed by atoms with Crippen LogP contribution in [0.25, 0.3) is 0 Å². The lowest BCUT2D eigenvalue weighted by Gasteiger charge is -2.16. The molecular weight excluding hydrogens is 432 g/mol. The predicted octanol–water partition coefficient (Wildman–Crippen LogP) is 3.45. The van der Waals surface area contributed by atoms with E-state index in [1.807, 2.05) is 24.3 Å². The topological polar surface area (TPSA) is 105 Å². The van der Waals surface area contributed by atoms with Crippen LogP contribution in [0.3, 0.4) is 0 Å². The van der Waals surface area contributed by atoms with Gasteiger partial charge in [-0.15, -0.1) is 4.40 Å². The van der Waals surface area contributed by atoms with Crippen molar-refractivity contribution in [2.45, 2.75) is 17.5 Å². The van der Waals surface area contributed by atoms with E-state index in [1.54, 1.807) is 35.2 Å². The van der Waals surface area contributed by atoms with Crippen molar-refractivity contribution < 1.29 is 13.2 Å². The van der Waals surface area contributed by atoms with Crippen LogP contribution in [0.4, 0.5) is 11.4 Å². The van der Waals surface area contributed by atoms with Crippen molar-refractivity contribution >= 4 is 56.6 Å². The van der Waals surface area contributed by atoms with Crippen molar-refractivity contribution in [2.75, 3.05) is 10.2 Å². The number of amides is 1. The minimum Gasteiger partial charge on any atom is -0.369 e. The van der Waals surface area contributed by atoms with Gasteiger partial charge in [-0.05, 0) is 42.3 Å². The van der Waals surface area contributed by atoms with Crippen molar-refractivity contribution in [3.8, 4) is 0 Å². The molecule has 2 heterocycles. The maximum Gasteiger partial charge on any atom is 0.269 e. The quantitative estimate of drug-likeness (QED) is 0.548. The van der Waals surface area contributed by atoms with Gasteiger partial charge in [-0.1, -0.05) is 47.6 Å². The second-order valence-corrected chi connectivity index (χ2v) is 10.5. The third kappa shape index (κ3) is 4.12. The summed E-state index contributed by atoms with van der Waals surface area (Å²) in [5.74, 6) is -0.277. The molecule has 3 N–H and O–H groups in total. The molecule has 0 bridgehead atoms. The van der Waals surface area contributed by atoms with E-state index in [0.29, 0.717) is 28.6 Å². The fourth-order valence-corrected chi connectivity index (χ4v) is 6.06. The van der Waals surface area contributed by atoms with Crippen molar-refractivity contribution in [1.82, 2.24) is 0 Å². The fraction of sp³-hybridized carbons (Fsp3) is 0.158. The number of nitrogens with two attached hydrogens (primary N) is 1. The Morgan fingerprint density at radius 1 is 1.21 bits per heavy atom. The number of thioether (sulfide) groups is 1. The molecule has 1 amide bonds. The van der Waals surface area contributed by atoms with Crippen LogP contribution >= 0.6 is 23.4 Å². The lowest BCUT2D eigenvalue weighted by molar-refractivity contribution is 0.0996. The number of fused-ring (bicyclic) bond motifs is 1. The van der Waals surface area contributed by atoms with Crippen molar-refractivity contribution in [1.29, 1.82) is 0 Å². The average molecular weight is 449 g/mol. The van der Waals surface area contributed by atoms with Gasteiger partial charge < -0.3 is 16.0 Å². The van der Waals surface area contributed by atoms with Gasteiger partial charge in [-0.2, -0.15) is 0 Å². The fourth-order valence-electron chi connectivity index (χ4n) is 3.15. The molecule has 1 unspecified atom stereocenters. The number of nitrogens with one attached hydrogen (secondary N) is 1. The van der Waals surface area contributed by atoms with Gasteiger partial charge in [0.05, 0.1) is 10.9 Å². The average Bonchev–Trinajstić information content (AvgIpc) is 3.27. The summed E-state index contributed by atoms with van der Waals surface area (Å²) in [6.45, 7) is 0.513. The molecule has 10 heteroatoms. The van der Waals surface area contributed by atoms with E-state index < -0.39 is 14.6 Å². The Hall–Kier alpha value is -2.49. The van der Waals surface area contributed by atoms with E-state index in [4.69, 9.17) is 17.3 Å². The van der Waals surface area contributed by atoms with Gasteiger partial charge >= 0.3 is 0 Å². The van der Waals surface area contributed by atoms with Crippen LogP contribution < -0.4 is 16.0 Å². The highest BCUT2D eigenvalue weighted by Crippen LogP contribution is 2.38. The monoisotopic (exact) mass is 448 g/mol. The minimum absolute atomic E-state index is 0.0465. The molecule has 4 rings (SSSR count). The molecule has 7 nitrogen and oxygen atoms in total. The number of hydrogen-bond acceptors (Lipinski definition) is 4. The smallest absolute Gasteiger partial charge is 0.269 e. The van der Waals surface area contributed by atoms with Crippen molar-refractivity contribution in [3.63, 3.8) is 0 Å². The number of rotatable bonds is 4. The predicted molar refractivity (Wildman–Crippen MR) is 117 cm³/mol. The van der Waals surface area contributed by atoms with Crippen molar-refractivity contribution in [3.05, 3.63) is 70.1 Å². The Morgan fingerprint density at radius 3 is 2.59 bits per heavy atom. The zero-order valence-corrected chi connectivity index (χ0v) is 17.5. The molecule has 0 saturated carbocycles. The Morgan fingerprint density at radius 2 is 1.93 bits per heavy atom. The van der Waals surface area contributed by atoms with Crippen LogP contribution in [-0.2, 0) is 16.6 Å². The molecule has 0 aromatic heterocycles. The molecule has 0 saturated heterocycles. The zero-order chi connectivity index (χ0) is 20.6. The molecule has 0 fully saturated rings. The molecule has 1 atom stereocenters. The third-order valence-corrected chi connectivity index (χ3v) is 8.14. The summed E-state index contributed by atoms with van der Waals surface area (Å²) in [4.78, 5) is 14.2. The second-order valence-electron chi connectivity index (χ2n) is 6.50. The molecular formula is C19H17ClN4O3S2. The number of hydrogen-bond donors (Lipinski definition) is 2. The second kappa shape index (κ2) is 7.74. The van der Waals surface area contributed by atoms with Crippen LogP contribution in [0.2, 0.25) is 0 Å². The highest BCUT2D eigenvalue weighted by Gasteiger charge is 2.30. The highest BCUT2D eigenvalue weighted by atomic mass is 35.5. The summed E-state index contributed by atoms with van der Waals surface area (Å²) >= 11 is 6.87. The first-order valence-electron chi connectivity index (χ1n) is 8.72. The Bertz CT molecular complexity index is 1130. The largest absolute Gasteiger partial charge is 0.369 e. The van der Waals surface area contributed by atoms with Gasteiger partial charge in [0.15, 0.2) is 0 Å². The molecule has 2 aromatic rings. The Kier molecular flexibility index (Phi) is 5.28. The van der Waals surface area contributed by atoms with Gasteiger partial charge in [0.1, 0.15) is 4.58 Å². The van der Waals surface area contributed by atoms with Crippen LogP contribution in [0.15, 0.2) is 63.4 Å². The SMILES string of the molecule is NC(=NS(=O)(=O)C1CC=C(Cl)S1)Nc1ccc(N2Cc3ccccc3C2=O)cc1. The van der Waals surface area contributed by atoms with E-state index in [1.165, 1.54) is 0 Å². The van der Waals surface area contributed by atoms with Crippen LogP contribution in [-0.4, -0.2) is 24.9 Å². The van der Waals surface area contributed by atoms with E-state index in [2.05, 4.69) is 9.71 Å². The standard InChI is InChI=1S/C19H17ClN4O3S2/c20-16-9-10-17(28-16)29(26,27)23-19(21)22-13-5-7-14(8-6-13)24-11-12-3-1-2-4-15(12)18(24)25/h1-9,17H,10-11H2,(H3,21,22,23). The first kappa shape index (κ1) is 19.8.